The minimum atomic E-state index is -4.07. The lowest BCUT2D eigenvalue weighted by Crippen LogP contribution is -2.47. The zero-order valence-corrected chi connectivity index (χ0v) is 16.0. The summed E-state index contributed by atoms with van der Waals surface area (Å²) in [6, 6.07) is 3.12. The second-order valence-electron chi connectivity index (χ2n) is 6.47. The van der Waals surface area contributed by atoms with Crippen molar-refractivity contribution >= 4 is 22.0 Å². The lowest BCUT2D eigenvalue weighted by Gasteiger charge is -2.21. The molecule has 0 aromatic heterocycles. The number of benzene rings is 1. The molecule has 0 aliphatic heterocycles. The zero-order chi connectivity index (χ0) is 19.4. The number of alkyl carbamates (subject to hydrolysis) is 1. The molecule has 0 spiro atoms. The number of amides is 2. The van der Waals surface area contributed by atoms with Crippen molar-refractivity contribution in [2.75, 3.05) is 7.11 Å². The number of ether oxygens (including phenoxy) is 2. The Labute approximate surface area is 147 Å². The number of aryl methyl sites for hydroxylation is 1. The van der Waals surface area contributed by atoms with Crippen LogP contribution in [0.3, 0.4) is 0 Å². The Kier molecular flexibility index (Phi) is 6.42. The van der Waals surface area contributed by atoms with E-state index in [-0.39, 0.29) is 4.90 Å². The normalized spacial score (nSPS) is 12.9. The molecule has 0 heterocycles. The minimum absolute atomic E-state index is 0.0800. The van der Waals surface area contributed by atoms with Crippen LogP contribution in [0.5, 0.6) is 5.75 Å². The van der Waals surface area contributed by atoms with E-state index >= 15 is 0 Å². The van der Waals surface area contributed by atoms with Gasteiger partial charge >= 0.3 is 6.09 Å². The highest BCUT2D eigenvalue weighted by Crippen LogP contribution is 2.21. The fourth-order valence-corrected chi connectivity index (χ4v) is 2.99. The Morgan fingerprint density at radius 2 is 1.80 bits per heavy atom. The molecule has 0 saturated carbocycles. The van der Waals surface area contributed by atoms with Crippen LogP contribution in [0.25, 0.3) is 0 Å². The molecule has 0 saturated heterocycles. The molecular formula is C16H24N2O6S. The third-order valence-electron chi connectivity index (χ3n) is 3.04. The molecule has 1 rings (SSSR count). The Bertz CT molecular complexity index is 752. The third-order valence-corrected chi connectivity index (χ3v) is 4.38. The Balaban J connectivity index is 2.80. The second kappa shape index (κ2) is 7.73. The summed E-state index contributed by atoms with van der Waals surface area (Å²) in [5.74, 6) is -0.343. The van der Waals surface area contributed by atoms with Gasteiger partial charge in [-0.15, -0.1) is 0 Å². The number of carbonyl (C=O) groups is 2. The van der Waals surface area contributed by atoms with Crippen LogP contribution in [0.2, 0.25) is 0 Å². The maximum Gasteiger partial charge on any atom is 0.408 e. The molecule has 1 aromatic carbocycles. The van der Waals surface area contributed by atoms with Crippen LogP contribution in [0.15, 0.2) is 23.1 Å². The van der Waals surface area contributed by atoms with Gasteiger partial charge in [-0.05, 0) is 58.4 Å². The molecule has 2 N–H and O–H groups in total. The van der Waals surface area contributed by atoms with Gasteiger partial charge in [0.2, 0.25) is 0 Å². The van der Waals surface area contributed by atoms with E-state index in [4.69, 9.17) is 9.47 Å². The van der Waals surface area contributed by atoms with Crippen molar-refractivity contribution in [3.8, 4) is 5.75 Å². The summed E-state index contributed by atoms with van der Waals surface area (Å²) in [4.78, 5) is 23.6. The van der Waals surface area contributed by atoms with Crippen LogP contribution in [-0.2, 0) is 19.6 Å². The van der Waals surface area contributed by atoms with Crippen LogP contribution < -0.4 is 14.8 Å². The molecule has 1 atom stereocenters. The van der Waals surface area contributed by atoms with Crippen molar-refractivity contribution < 1.29 is 27.5 Å². The molecule has 9 heteroatoms. The quantitative estimate of drug-likeness (QED) is 0.814. The van der Waals surface area contributed by atoms with Crippen LogP contribution >= 0.6 is 0 Å². The number of hydrogen-bond acceptors (Lipinski definition) is 6. The number of hydrogen-bond donors (Lipinski definition) is 2. The van der Waals surface area contributed by atoms with Gasteiger partial charge in [-0.25, -0.2) is 17.9 Å². The fourth-order valence-electron chi connectivity index (χ4n) is 1.85. The molecule has 1 aromatic rings. The Morgan fingerprint density at radius 1 is 1.20 bits per heavy atom. The molecule has 0 fully saturated rings. The summed E-state index contributed by atoms with van der Waals surface area (Å²) in [5.41, 5.74) is -0.120. The molecule has 0 radical (unpaired) electrons. The molecule has 0 aliphatic rings. The van der Waals surface area contributed by atoms with Gasteiger partial charge in [0.1, 0.15) is 17.4 Å². The van der Waals surface area contributed by atoms with Gasteiger partial charge in [0, 0.05) is 0 Å². The summed E-state index contributed by atoms with van der Waals surface area (Å²) < 4.78 is 36.6. The van der Waals surface area contributed by atoms with E-state index in [1.807, 2.05) is 4.72 Å². The second-order valence-corrected chi connectivity index (χ2v) is 8.15. The number of methoxy groups -OCH3 is 1. The van der Waals surface area contributed by atoms with E-state index in [0.29, 0.717) is 11.3 Å². The highest BCUT2D eigenvalue weighted by atomic mass is 32.2. The van der Waals surface area contributed by atoms with Gasteiger partial charge in [0.05, 0.1) is 12.0 Å². The molecule has 140 valence electrons. The largest absolute Gasteiger partial charge is 0.496 e. The monoisotopic (exact) mass is 372 g/mol. The molecule has 0 unspecified atom stereocenters. The lowest BCUT2D eigenvalue weighted by atomic mass is 10.2. The van der Waals surface area contributed by atoms with Crippen LogP contribution in [-0.4, -0.2) is 39.2 Å². The highest BCUT2D eigenvalue weighted by Gasteiger charge is 2.25. The summed E-state index contributed by atoms with van der Waals surface area (Å²) in [5, 5.41) is 2.28. The Morgan fingerprint density at radius 3 is 2.28 bits per heavy atom. The van der Waals surface area contributed by atoms with Gasteiger partial charge in [0.25, 0.3) is 15.9 Å². The first-order valence-corrected chi connectivity index (χ1v) is 9.05. The minimum Gasteiger partial charge on any atom is -0.496 e. The molecular weight excluding hydrogens is 348 g/mol. The smallest absolute Gasteiger partial charge is 0.408 e. The van der Waals surface area contributed by atoms with E-state index in [2.05, 4.69) is 5.32 Å². The summed E-state index contributed by atoms with van der Waals surface area (Å²) in [6.45, 7) is 8.07. The predicted octanol–water partition coefficient (Wildman–Crippen LogP) is 1.72. The van der Waals surface area contributed by atoms with Crippen molar-refractivity contribution in [3.05, 3.63) is 23.8 Å². The van der Waals surface area contributed by atoms with Crippen LogP contribution in [0, 0.1) is 6.92 Å². The van der Waals surface area contributed by atoms with Gasteiger partial charge in [-0.1, -0.05) is 0 Å². The number of rotatable bonds is 5. The van der Waals surface area contributed by atoms with E-state index < -0.39 is 33.7 Å². The molecule has 8 nitrogen and oxygen atoms in total. The van der Waals surface area contributed by atoms with Crippen molar-refractivity contribution in [2.24, 2.45) is 0 Å². The molecule has 0 aliphatic carbocycles. The molecule has 25 heavy (non-hydrogen) atoms. The van der Waals surface area contributed by atoms with Gasteiger partial charge in [-0.3, -0.25) is 4.79 Å². The maximum atomic E-state index is 12.3. The lowest BCUT2D eigenvalue weighted by molar-refractivity contribution is -0.121. The first-order valence-electron chi connectivity index (χ1n) is 7.56. The summed E-state index contributed by atoms with van der Waals surface area (Å²) in [7, 11) is -2.60. The van der Waals surface area contributed by atoms with E-state index in [9.17, 15) is 18.0 Å². The zero-order valence-electron chi connectivity index (χ0n) is 15.2. The number of sulfonamides is 1. The van der Waals surface area contributed by atoms with Gasteiger partial charge in [-0.2, -0.15) is 0 Å². The average Bonchev–Trinajstić information content (AvgIpc) is 2.44. The predicted molar refractivity (Wildman–Crippen MR) is 91.9 cm³/mol. The van der Waals surface area contributed by atoms with Crippen molar-refractivity contribution in [2.45, 2.75) is 51.2 Å². The molecule has 2 amide bonds. The average molecular weight is 372 g/mol. The van der Waals surface area contributed by atoms with E-state index in [0.717, 1.165) is 0 Å². The van der Waals surface area contributed by atoms with Crippen LogP contribution in [0.4, 0.5) is 4.79 Å². The van der Waals surface area contributed by atoms with E-state index in [1.165, 1.54) is 32.2 Å². The highest BCUT2D eigenvalue weighted by molar-refractivity contribution is 7.90. The first-order chi connectivity index (χ1) is 11.4. The standard InChI is InChI=1S/C16H24N2O6S/c1-10-9-12(7-8-13(10)23-6)25(21,22)18-14(19)11(2)17-15(20)24-16(3,4)5/h7-9,11H,1-6H3,(H,17,20)(H,18,19)/t11-/m0/s1. The fraction of sp³-hybridized carbons (Fsp3) is 0.500. The van der Waals surface area contributed by atoms with Crippen molar-refractivity contribution in [1.29, 1.82) is 0 Å². The van der Waals surface area contributed by atoms with Gasteiger partial charge in [0.15, 0.2) is 0 Å². The topological polar surface area (TPSA) is 111 Å². The van der Waals surface area contributed by atoms with Gasteiger partial charge < -0.3 is 14.8 Å². The van der Waals surface area contributed by atoms with E-state index in [1.54, 1.807) is 27.7 Å². The summed E-state index contributed by atoms with van der Waals surface area (Å²) >= 11 is 0. The van der Waals surface area contributed by atoms with Crippen molar-refractivity contribution in [3.63, 3.8) is 0 Å². The molecule has 0 bridgehead atoms. The SMILES string of the molecule is COc1ccc(S(=O)(=O)NC(=O)[C@H](C)NC(=O)OC(C)(C)C)cc1C. The first kappa shape index (κ1) is 20.8. The van der Waals surface area contributed by atoms with Crippen LogP contribution in [0.1, 0.15) is 33.3 Å². The number of nitrogens with one attached hydrogen (secondary N) is 2. The maximum absolute atomic E-state index is 12.3. The van der Waals surface area contributed by atoms with Crippen molar-refractivity contribution in [1.82, 2.24) is 10.0 Å². The number of carbonyl (C=O) groups excluding carboxylic acids is 2. The Hall–Kier alpha value is -2.29. The summed E-state index contributed by atoms with van der Waals surface area (Å²) in [6.07, 6.45) is -0.812. The third kappa shape index (κ3) is 6.26.